The summed E-state index contributed by atoms with van der Waals surface area (Å²) in [6, 6.07) is 0. The van der Waals surface area contributed by atoms with Crippen molar-refractivity contribution in [1.29, 1.82) is 0 Å². The Hall–Kier alpha value is 3.10. The standard InChI is InChI=1S/C4H9.C3H7.2Al.2ClH.2HI/c1-4(2)3;1-3-2;;;;;;/h4H,1H2,2-3H3;1,3H2,2H3;;;4*1H. The Morgan fingerprint density at radius 3 is 1.15 bits per heavy atom. The lowest BCUT2D eigenvalue weighted by Crippen LogP contribution is -1.80. The fraction of sp³-hybridized carbons (Fsp3) is 1.00. The highest BCUT2D eigenvalue weighted by Crippen LogP contribution is 1.92. The zero-order valence-corrected chi connectivity index (χ0v) is 17.1. The first-order valence-electron chi connectivity index (χ1n) is 3.59. The zero-order valence-electron chi connectivity index (χ0n) is 8.49. The minimum absolute atomic E-state index is 0. The van der Waals surface area contributed by atoms with Gasteiger partial charge in [0.15, 0.2) is 0 Å². The first kappa shape index (κ1) is 36.0. The molecule has 6 heteroatoms. The van der Waals surface area contributed by atoms with Crippen molar-refractivity contribution in [1.82, 2.24) is 0 Å². The number of hydrogen-bond acceptors (Lipinski definition) is 0. The molecule has 0 rings (SSSR count). The molecule has 0 aromatic carbocycles. The van der Waals surface area contributed by atoms with Gasteiger partial charge in [0.1, 0.15) is 32.6 Å². The summed E-state index contributed by atoms with van der Waals surface area (Å²) in [4.78, 5) is 0. The molecule has 0 aliphatic heterocycles. The van der Waals surface area contributed by atoms with Crippen molar-refractivity contribution in [3.63, 3.8) is 0 Å². The summed E-state index contributed by atoms with van der Waals surface area (Å²) in [5.74, 6) is 0.847. The van der Waals surface area contributed by atoms with E-state index in [1.54, 1.807) is 0 Å². The average molecular weight is 483 g/mol. The average Bonchev–Trinajstić information content (AvgIpc) is 1.89. The third-order valence-corrected chi connectivity index (χ3v) is 2.28. The van der Waals surface area contributed by atoms with Gasteiger partial charge in [-0.15, -0.1) is 83.3 Å². The van der Waals surface area contributed by atoms with E-state index in [2.05, 4.69) is 53.4 Å². The zero-order chi connectivity index (χ0) is 7.70. The lowest BCUT2D eigenvalue weighted by molar-refractivity contribution is 0.735. The monoisotopic (exact) mass is 482 g/mol. The van der Waals surface area contributed by atoms with E-state index in [0.717, 1.165) is 5.92 Å². The second kappa shape index (κ2) is 36.2. The van der Waals surface area contributed by atoms with Crippen molar-refractivity contribution >= 4 is 105 Å². The van der Waals surface area contributed by atoms with Crippen LogP contribution in [0.5, 0.6) is 0 Å². The molecule has 13 heavy (non-hydrogen) atoms. The molecule has 0 bridgehead atoms. The van der Waals surface area contributed by atoms with Crippen LogP contribution in [0.2, 0.25) is 10.6 Å². The predicted octanol–water partition coefficient (Wildman–Crippen LogP) is 4.29. The molecule has 0 saturated carbocycles. The topological polar surface area (TPSA) is 0 Å². The maximum absolute atomic E-state index is 2.69. The molecular weight excluding hydrogens is 463 g/mol. The van der Waals surface area contributed by atoms with Crippen molar-refractivity contribution < 1.29 is 0 Å². The lowest BCUT2D eigenvalue weighted by atomic mass is 10.3. The maximum Gasteiger partial charge on any atom is 0.118 e. The summed E-state index contributed by atoms with van der Waals surface area (Å²) in [6.45, 7) is 6.56. The predicted molar refractivity (Wildman–Crippen MR) is 91.6 cm³/mol. The van der Waals surface area contributed by atoms with Crippen molar-refractivity contribution in [3.05, 3.63) is 0 Å². The highest BCUT2D eigenvalue weighted by atomic mass is 127. The molecule has 0 aliphatic carbocycles. The van der Waals surface area contributed by atoms with E-state index in [-0.39, 0.29) is 72.8 Å². The molecule has 0 aliphatic rings. The Labute approximate surface area is 147 Å². The minimum atomic E-state index is 0. The molecule has 0 aromatic rings. The third-order valence-electron chi connectivity index (χ3n) is 0.760. The van der Waals surface area contributed by atoms with E-state index >= 15 is 0 Å². The van der Waals surface area contributed by atoms with Crippen LogP contribution < -0.4 is 0 Å². The van der Waals surface area contributed by atoms with Gasteiger partial charge in [0.25, 0.3) is 0 Å². The number of halogens is 4. The van der Waals surface area contributed by atoms with Gasteiger partial charge >= 0.3 is 0 Å². The van der Waals surface area contributed by atoms with Gasteiger partial charge in [-0.2, -0.15) is 0 Å². The molecule has 0 nitrogen and oxygen atoms in total. The number of rotatable bonds is 2. The van der Waals surface area contributed by atoms with Crippen LogP contribution in [0.4, 0.5) is 0 Å². The van der Waals surface area contributed by atoms with E-state index < -0.39 is 0 Å². The van der Waals surface area contributed by atoms with E-state index in [9.17, 15) is 0 Å². The van der Waals surface area contributed by atoms with Crippen LogP contribution in [0, 0.1) is 5.92 Å². The van der Waals surface area contributed by atoms with Gasteiger partial charge in [0.05, 0.1) is 0 Å². The molecule has 0 heterocycles. The molecule has 0 fully saturated rings. The maximum atomic E-state index is 2.69. The molecule has 82 valence electrons. The summed E-state index contributed by atoms with van der Waals surface area (Å²) in [5.41, 5.74) is 0. The van der Waals surface area contributed by atoms with Gasteiger partial charge in [-0.3, -0.25) is 0 Å². The first-order valence-corrected chi connectivity index (χ1v) is 5.22. The quantitative estimate of drug-likeness (QED) is 0.407. The molecule has 0 N–H and O–H groups in total. The minimum Gasteiger partial charge on any atom is -0.147 e. The number of hydrogen-bond donors (Lipinski definition) is 0. The molecular formula is C7H20Al2Cl2I2. The van der Waals surface area contributed by atoms with Crippen LogP contribution in [0.1, 0.15) is 27.2 Å². The van der Waals surface area contributed by atoms with Crippen molar-refractivity contribution in [2.24, 2.45) is 5.92 Å². The Bertz CT molecular complexity index is 49.5. The second-order valence-corrected chi connectivity index (χ2v) is 3.47. The van der Waals surface area contributed by atoms with Crippen LogP contribution in [0.3, 0.4) is 0 Å². The Morgan fingerprint density at radius 1 is 1.00 bits per heavy atom. The van der Waals surface area contributed by atoms with Gasteiger partial charge in [-0.25, -0.2) is 0 Å². The molecule has 0 atom stereocenters. The largest absolute Gasteiger partial charge is 0.147 e. The highest BCUT2D eigenvalue weighted by Gasteiger charge is 1.79. The van der Waals surface area contributed by atoms with Gasteiger partial charge < -0.3 is 0 Å². The van der Waals surface area contributed by atoms with Gasteiger partial charge in [0, 0.05) is 0 Å². The van der Waals surface area contributed by atoms with Gasteiger partial charge in [-0.1, -0.05) is 33.1 Å². The van der Waals surface area contributed by atoms with Crippen LogP contribution in [0.15, 0.2) is 0 Å². The molecule has 0 spiro atoms. The lowest BCUT2D eigenvalue weighted by Gasteiger charge is -1.91. The summed E-state index contributed by atoms with van der Waals surface area (Å²) < 4.78 is 0. The first-order chi connectivity index (χ1) is 4.18. The summed E-state index contributed by atoms with van der Waals surface area (Å²) >= 11 is 5.35. The van der Waals surface area contributed by atoms with Crippen LogP contribution in [0.25, 0.3) is 0 Å². The molecule has 0 saturated heterocycles. The van der Waals surface area contributed by atoms with Crippen LogP contribution in [-0.4, -0.2) is 32.6 Å². The van der Waals surface area contributed by atoms with Gasteiger partial charge in [-0.05, 0) is 0 Å². The van der Waals surface area contributed by atoms with Crippen LogP contribution >= 0.6 is 72.8 Å². The SMILES string of the molecule is CC(C)[CH2][Al].CC[CH2][Al].Cl.Cl.I.I. The molecule has 4 radical (unpaired) electrons. The second-order valence-electron chi connectivity index (χ2n) is 2.42. The van der Waals surface area contributed by atoms with E-state index in [1.807, 2.05) is 0 Å². The summed E-state index contributed by atoms with van der Waals surface area (Å²) in [7, 11) is 0. The van der Waals surface area contributed by atoms with E-state index in [1.165, 1.54) is 17.0 Å². The summed E-state index contributed by atoms with van der Waals surface area (Å²) in [6.07, 6.45) is 1.28. The van der Waals surface area contributed by atoms with Crippen molar-refractivity contribution in [2.75, 3.05) is 0 Å². The Kier molecular flexibility index (Phi) is 100. The molecule has 0 unspecified atom stereocenters. The van der Waals surface area contributed by atoms with E-state index in [0.29, 0.717) is 0 Å². The van der Waals surface area contributed by atoms with Crippen LogP contribution in [-0.2, 0) is 0 Å². The van der Waals surface area contributed by atoms with E-state index in [4.69, 9.17) is 0 Å². The Balaban J connectivity index is -0.0000000146. The molecule has 0 amide bonds. The normalized spacial score (nSPS) is 5.85. The van der Waals surface area contributed by atoms with Crippen molar-refractivity contribution in [3.8, 4) is 0 Å². The Morgan fingerprint density at radius 2 is 1.15 bits per heavy atom. The molecule has 0 aromatic heterocycles. The van der Waals surface area contributed by atoms with Gasteiger partial charge in [0.2, 0.25) is 0 Å². The van der Waals surface area contributed by atoms with Crippen molar-refractivity contribution in [2.45, 2.75) is 37.8 Å². The fourth-order valence-electron chi connectivity index (χ4n) is 0. The smallest absolute Gasteiger partial charge is 0.118 e. The fourth-order valence-corrected chi connectivity index (χ4v) is 0. The highest BCUT2D eigenvalue weighted by molar-refractivity contribution is 14.0. The summed E-state index contributed by atoms with van der Waals surface area (Å²) in [5, 5.41) is 2.46. The third kappa shape index (κ3) is 69.6.